The van der Waals surface area contributed by atoms with Gasteiger partial charge in [-0.25, -0.2) is 0 Å². The number of carbonyl (C=O) groups is 1. The molecule has 0 atom stereocenters. The third-order valence-electron chi connectivity index (χ3n) is 4.30. The van der Waals surface area contributed by atoms with Gasteiger partial charge in [0.2, 0.25) is 5.91 Å². The van der Waals surface area contributed by atoms with E-state index in [4.69, 9.17) is 5.73 Å². The summed E-state index contributed by atoms with van der Waals surface area (Å²) in [4.78, 5) is 13.7. The van der Waals surface area contributed by atoms with Crippen LogP contribution in [0.25, 0.3) is 0 Å². The molecule has 1 aliphatic heterocycles. The molecule has 1 aliphatic rings. The normalized spacial score (nSPS) is 14.5. The standard InChI is InChI=1S/C19H23N3O/c20-19(23)16-8-6-7-15(13-16)14-21-17-9-2-3-10-18(17)22-11-4-1-5-12-22/h2-3,6-10,13,21H,1,4-5,11-12,14H2,(H2,20,23). The summed E-state index contributed by atoms with van der Waals surface area (Å²) < 4.78 is 0. The number of carbonyl (C=O) groups excluding carboxylic acids is 1. The second-order valence-electron chi connectivity index (χ2n) is 5.98. The van der Waals surface area contributed by atoms with Gasteiger partial charge in [-0.05, 0) is 49.1 Å². The Morgan fingerprint density at radius 2 is 1.83 bits per heavy atom. The lowest BCUT2D eigenvalue weighted by Gasteiger charge is -2.30. The van der Waals surface area contributed by atoms with Crippen molar-refractivity contribution in [1.29, 1.82) is 0 Å². The molecule has 0 saturated carbocycles. The number of nitrogens with one attached hydrogen (secondary N) is 1. The molecule has 1 heterocycles. The van der Waals surface area contributed by atoms with Gasteiger partial charge in [0.05, 0.1) is 11.4 Å². The van der Waals surface area contributed by atoms with Crippen molar-refractivity contribution in [2.75, 3.05) is 23.3 Å². The van der Waals surface area contributed by atoms with Crippen LogP contribution in [0, 0.1) is 0 Å². The molecule has 0 aliphatic carbocycles. The highest BCUT2D eigenvalue weighted by atomic mass is 16.1. The highest BCUT2D eigenvalue weighted by molar-refractivity contribution is 5.92. The lowest BCUT2D eigenvalue weighted by molar-refractivity contribution is 0.1000. The predicted molar refractivity (Wildman–Crippen MR) is 94.8 cm³/mol. The van der Waals surface area contributed by atoms with Crippen molar-refractivity contribution in [3.8, 4) is 0 Å². The van der Waals surface area contributed by atoms with Gasteiger partial charge in [0.1, 0.15) is 0 Å². The molecule has 1 saturated heterocycles. The first-order valence-electron chi connectivity index (χ1n) is 8.20. The number of hydrogen-bond donors (Lipinski definition) is 2. The summed E-state index contributed by atoms with van der Waals surface area (Å²) in [6.07, 6.45) is 3.84. The molecular weight excluding hydrogens is 286 g/mol. The SMILES string of the molecule is NC(=O)c1cccc(CNc2ccccc2N2CCCCC2)c1. The van der Waals surface area contributed by atoms with Crippen LogP contribution in [0.4, 0.5) is 11.4 Å². The number of primary amides is 1. The van der Waals surface area contributed by atoms with Crippen LogP contribution in [0.1, 0.15) is 35.2 Å². The monoisotopic (exact) mass is 309 g/mol. The minimum atomic E-state index is -0.388. The Balaban J connectivity index is 1.73. The molecular formula is C19H23N3O. The molecule has 0 unspecified atom stereocenters. The van der Waals surface area contributed by atoms with Gasteiger partial charge in [-0.15, -0.1) is 0 Å². The summed E-state index contributed by atoms with van der Waals surface area (Å²) in [7, 11) is 0. The van der Waals surface area contributed by atoms with Crippen molar-refractivity contribution in [2.45, 2.75) is 25.8 Å². The molecule has 0 radical (unpaired) electrons. The number of hydrogen-bond acceptors (Lipinski definition) is 3. The van der Waals surface area contributed by atoms with E-state index in [1.165, 1.54) is 24.9 Å². The van der Waals surface area contributed by atoms with Crippen molar-refractivity contribution < 1.29 is 4.79 Å². The minimum Gasteiger partial charge on any atom is -0.379 e. The Bertz CT molecular complexity index is 678. The van der Waals surface area contributed by atoms with E-state index in [2.05, 4.69) is 34.5 Å². The molecule has 1 fully saturated rings. The number of anilines is 2. The van der Waals surface area contributed by atoms with Crippen LogP contribution in [0.3, 0.4) is 0 Å². The predicted octanol–water partition coefficient (Wildman–Crippen LogP) is 3.39. The zero-order valence-corrected chi connectivity index (χ0v) is 13.3. The molecule has 0 aromatic heterocycles. The van der Waals surface area contributed by atoms with Gasteiger partial charge in [0, 0.05) is 25.2 Å². The third-order valence-corrected chi connectivity index (χ3v) is 4.30. The van der Waals surface area contributed by atoms with Gasteiger partial charge in [-0.3, -0.25) is 4.79 Å². The second-order valence-corrected chi connectivity index (χ2v) is 5.98. The molecule has 0 spiro atoms. The zero-order valence-electron chi connectivity index (χ0n) is 13.3. The van der Waals surface area contributed by atoms with Gasteiger partial charge < -0.3 is 16.0 Å². The maximum absolute atomic E-state index is 11.3. The van der Waals surface area contributed by atoms with E-state index in [0.717, 1.165) is 24.3 Å². The molecule has 2 aromatic carbocycles. The summed E-state index contributed by atoms with van der Waals surface area (Å²) >= 11 is 0. The molecule has 120 valence electrons. The summed E-state index contributed by atoms with van der Waals surface area (Å²) in [5, 5.41) is 3.50. The average Bonchev–Trinajstić information content (AvgIpc) is 2.61. The summed E-state index contributed by atoms with van der Waals surface area (Å²) in [5.74, 6) is -0.388. The van der Waals surface area contributed by atoms with Gasteiger partial charge >= 0.3 is 0 Å². The van der Waals surface area contributed by atoms with E-state index in [0.29, 0.717) is 12.1 Å². The number of piperidine rings is 1. The Kier molecular flexibility index (Phi) is 4.81. The van der Waals surface area contributed by atoms with Gasteiger partial charge in [0.25, 0.3) is 0 Å². The lowest BCUT2D eigenvalue weighted by atomic mass is 10.1. The summed E-state index contributed by atoms with van der Waals surface area (Å²) in [6, 6.07) is 15.9. The lowest BCUT2D eigenvalue weighted by Crippen LogP contribution is -2.30. The second kappa shape index (κ2) is 7.18. The number of amides is 1. The van der Waals surface area contributed by atoms with Crippen LogP contribution in [0.5, 0.6) is 0 Å². The fourth-order valence-electron chi connectivity index (χ4n) is 3.07. The van der Waals surface area contributed by atoms with Crippen LogP contribution in [-0.4, -0.2) is 19.0 Å². The van der Waals surface area contributed by atoms with Crippen LogP contribution in [0.15, 0.2) is 48.5 Å². The Labute approximate surface area is 137 Å². The first-order chi connectivity index (χ1) is 11.2. The summed E-state index contributed by atoms with van der Waals surface area (Å²) in [5.41, 5.74) is 9.35. The average molecular weight is 309 g/mol. The van der Waals surface area contributed by atoms with E-state index >= 15 is 0 Å². The molecule has 2 aromatic rings. The number of benzene rings is 2. The molecule has 3 rings (SSSR count). The van der Waals surface area contributed by atoms with Gasteiger partial charge in [-0.1, -0.05) is 24.3 Å². The first-order valence-corrected chi connectivity index (χ1v) is 8.20. The fraction of sp³-hybridized carbons (Fsp3) is 0.316. The van der Waals surface area contributed by atoms with Crippen LogP contribution in [-0.2, 0) is 6.54 Å². The molecule has 0 bridgehead atoms. The maximum atomic E-state index is 11.3. The van der Waals surface area contributed by atoms with Crippen LogP contribution < -0.4 is 16.0 Å². The van der Waals surface area contributed by atoms with E-state index in [9.17, 15) is 4.79 Å². The highest BCUT2D eigenvalue weighted by Crippen LogP contribution is 2.28. The van der Waals surface area contributed by atoms with E-state index in [-0.39, 0.29) is 5.91 Å². The number of para-hydroxylation sites is 2. The fourth-order valence-corrected chi connectivity index (χ4v) is 3.07. The van der Waals surface area contributed by atoms with Gasteiger partial charge in [0.15, 0.2) is 0 Å². The Morgan fingerprint density at radius 1 is 1.04 bits per heavy atom. The Hall–Kier alpha value is -2.49. The number of rotatable bonds is 5. The van der Waals surface area contributed by atoms with Crippen LogP contribution >= 0.6 is 0 Å². The van der Waals surface area contributed by atoms with Crippen molar-refractivity contribution in [2.24, 2.45) is 5.73 Å². The number of nitrogens with zero attached hydrogens (tertiary/aromatic N) is 1. The number of nitrogens with two attached hydrogens (primary N) is 1. The molecule has 4 nitrogen and oxygen atoms in total. The van der Waals surface area contributed by atoms with E-state index in [1.807, 2.05) is 18.2 Å². The van der Waals surface area contributed by atoms with Crippen molar-refractivity contribution >= 4 is 17.3 Å². The van der Waals surface area contributed by atoms with E-state index < -0.39 is 0 Å². The molecule has 23 heavy (non-hydrogen) atoms. The largest absolute Gasteiger partial charge is 0.379 e. The van der Waals surface area contributed by atoms with Gasteiger partial charge in [-0.2, -0.15) is 0 Å². The quantitative estimate of drug-likeness (QED) is 0.890. The highest BCUT2D eigenvalue weighted by Gasteiger charge is 2.13. The first kappa shape index (κ1) is 15.4. The van der Waals surface area contributed by atoms with Crippen molar-refractivity contribution in [1.82, 2.24) is 0 Å². The molecule has 1 amide bonds. The van der Waals surface area contributed by atoms with Crippen LogP contribution in [0.2, 0.25) is 0 Å². The minimum absolute atomic E-state index is 0.388. The van der Waals surface area contributed by atoms with Crippen molar-refractivity contribution in [3.63, 3.8) is 0 Å². The maximum Gasteiger partial charge on any atom is 0.248 e. The molecule has 4 heteroatoms. The smallest absolute Gasteiger partial charge is 0.248 e. The van der Waals surface area contributed by atoms with Crippen molar-refractivity contribution in [3.05, 3.63) is 59.7 Å². The van der Waals surface area contributed by atoms with E-state index in [1.54, 1.807) is 6.07 Å². The Morgan fingerprint density at radius 3 is 2.61 bits per heavy atom. The zero-order chi connectivity index (χ0) is 16.1. The topological polar surface area (TPSA) is 58.4 Å². The molecule has 3 N–H and O–H groups in total. The third kappa shape index (κ3) is 3.83. The summed E-state index contributed by atoms with van der Waals surface area (Å²) in [6.45, 7) is 2.91.